The van der Waals surface area contributed by atoms with Gasteiger partial charge >= 0.3 is 0 Å². The van der Waals surface area contributed by atoms with E-state index in [9.17, 15) is 4.79 Å². The van der Waals surface area contributed by atoms with E-state index < -0.39 is 6.04 Å². The fraction of sp³-hybridized carbons (Fsp3) is 0.217. The molecule has 0 aliphatic carbocycles. The van der Waals surface area contributed by atoms with Crippen LogP contribution < -0.4 is 10.6 Å². The summed E-state index contributed by atoms with van der Waals surface area (Å²) in [4.78, 5) is 26.4. The molecule has 0 spiro atoms. The van der Waals surface area contributed by atoms with Crippen LogP contribution in [-0.4, -0.2) is 31.5 Å². The number of anilines is 2. The van der Waals surface area contributed by atoms with Gasteiger partial charge < -0.3 is 15.2 Å². The Hall–Kier alpha value is -3.74. The molecule has 0 aliphatic heterocycles. The van der Waals surface area contributed by atoms with Gasteiger partial charge in [0.15, 0.2) is 0 Å². The Labute approximate surface area is 175 Å². The van der Waals surface area contributed by atoms with Crippen LogP contribution in [0.1, 0.15) is 17.0 Å². The van der Waals surface area contributed by atoms with Crippen molar-refractivity contribution in [3.8, 4) is 0 Å². The molecule has 30 heavy (non-hydrogen) atoms. The number of hydrogen-bond donors (Lipinski definition) is 2. The smallest absolute Gasteiger partial charge is 0.247 e. The summed E-state index contributed by atoms with van der Waals surface area (Å²) in [5.41, 5.74) is 5.30. The Kier molecular flexibility index (Phi) is 5.43. The van der Waals surface area contributed by atoms with Crippen molar-refractivity contribution >= 4 is 28.6 Å². The maximum Gasteiger partial charge on any atom is 0.247 e. The van der Waals surface area contributed by atoms with Gasteiger partial charge in [-0.1, -0.05) is 30.3 Å². The van der Waals surface area contributed by atoms with Crippen LogP contribution in [0.15, 0.2) is 60.9 Å². The van der Waals surface area contributed by atoms with E-state index in [1.807, 2.05) is 80.1 Å². The summed E-state index contributed by atoms with van der Waals surface area (Å²) < 4.78 is 1.94. The predicted molar refractivity (Wildman–Crippen MR) is 118 cm³/mol. The molecule has 4 aromatic rings. The van der Waals surface area contributed by atoms with Gasteiger partial charge in [-0.05, 0) is 43.7 Å². The van der Waals surface area contributed by atoms with Gasteiger partial charge in [0, 0.05) is 30.5 Å². The number of nitrogens with zero attached hydrogens (tertiary/aromatic N) is 4. The van der Waals surface area contributed by atoms with E-state index >= 15 is 0 Å². The zero-order valence-electron chi connectivity index (χ0n) is 17.3. The first-order valence-electron chi connectivity index (χ1n) is 9.82. The number of carbonyl (C=O) groups is 1. The largest absolute Gasteiger partial charge is 0.342 e. The Morgan fingerprint density at radius 2 is 1.77 bits per heavy atom. The van der Waals surface area contributed by atoms with Crippen LogP contribution in [0.4, 0.5) is 11.6 Å². The SMILES string of the molecule is Cc1cc(C)nc(N[C@@H](Cc2ccccc2)C(=O)Nc2ccc3c(c2)ncn3C)n1. The molecule has 1 amide bonds. The molecule has 2 aromatic heterocycles. The molecule has 0 bridgehead atoms. The number of nitrogens with one attached hydrogen (secondary N) is 2. The summed E-state index contributed by atoms with van der Waals surface area (Å²) in [6.07, 6.45) is 2.27. The quantitative estimate of drug-likeness (QED) is 0.516. The molecule has 7 heteroatoms. The third-order valence-electron chi connectivity index (χ3n) is 4.88. The van der Waals surface area contributed by atoms with Gasteiger partial charge in [-0.3, -0.25) is 4.79 Å². The Morgan fingerprint density at radius 3 is 2.50 bits per heavy atom. The second-order valence-electron chi connectivity index (χ2n) is 7.41. The molecule has 2 aromatic carbocycles. The molecule has 2 N–H and O–H groups in total. The number of hydrogen-bond acceptors (Lipinski definition) is 5. The van der Waals surface area contributed by atoms with Gasteiger partial charge in [0.2, 0.25) is 11.9 Å². The van der Waals surface area contributed by atoms with E-state index in [1.165, 1.54) is 0 Å². The summed E-state index contributed by atoms with van der Waals surface area (Å²) in [7, 11) is 1.94. The van der Waals surface area contributed by atoms with Crippen LogP contribution in [0.25, 0.3) is 11.0 Å². The molecule has 0 fully saturated rings. The fourth-order valence-electron chi connectivity index (χ4n) is 3.45. The predicted octanol–water partition coefficient (Wildman–Crippen LogP) is 3.64. The first kappa shape index (κ1) is 19.6. The van der Waals surface area contributed by atoms with Gasteiger partial charge in [-0.15, -0.1) is 0 Å². The number of imidazole rings is 1. The number of benzene rings is 2. The van der Waals surface area contributed by atoms with Gasteiger partial charge in [-0.2, -0.15) is 0 Å². The Morgan fingerprint density at radius 1 is 1.03 bits per heavy atom. The summed E-state index contributed by atoms with van der Waals surface area (Å²) in [5.74, 6) is 0.292. The molecule has 7 nitrogen and oxygen atoms in total. The minimum Gasteiger partial charge on any atom is -0.342 e. The van der Waals surface area contributed by atoms with Crippen LogP contribution in [0.2, 0.25) is 0 Å². The standard InChI is InChI=1S/C23H24N6O/c1-15-11-16(2)26-23(25-15)28-20(12-17-7-5-4-6-8-17)22(30)27-18-9-10-21-19(13-18)24-14-29(21)3/h4-11,13-14,20H,12H2,1-3H3,(H,27,30)(H,25,26,28)/t20-/m0/s1. The highest BCUT2D eigenvalue weighted by Gasteiger charge is 2.21. The normalized spacial score (nSPS) is 12.0. The average molecular weight is 400 g/mol. The van der Waals surface area contributed by atoms with Crippen LogP contribution in [-0.2, 0) is 18.3 Å². The highest BCUT2D eigenvalue weighted by molar-refractivity contribution is 5.98. The lowest BCUT2D eigenvalue weighted by molar-refractivity contribution is -0.116. The highest BCUT2D eigenvalue weighted by Crippen LogP contribution is 2.18. The van der Waals surface area contributed by atoms with Gasteiger partial charge in [0.1, 0.15) is 6.04 Å². The number of amides is 1. The van der Waals surface area contributed by atoms with E-state index in [-0.39, 0.29) is 5.91 Å². The number of fused-ring (bicyclic) bond motifs is 1. The van der Waals surface area contributed by atoms with Crippen molar-refractivity contribution in [3.05, 3.63) is 77.9 Å². The van der Waals surface area contributed by atoms with E-state index in [0.29, 0.717) is 18.1 Å². The fourth-order valence-corrected chi connectivity index (χ4v) is 3.45. The second kappa shape index (κ2) is 8.32. The number of rotatable bonds is 6. The van der Waals surface area contributed by atoms with Gasteiger partial charge in [-0.25, -0.2) is 15.0 Å². The number of aryl methyl sites for hydroxylation is 3. The molecule has 0 saturated heterocycles. The second-order valence-corrected chi connectivity index (χ2v) is 7.41. The molecule has 0 saturated carbocycles. The highest BCUT2D eigenvalue weighted by atomic mass is 16.2. The van der Waals surface area contributed by atoms with Crippen LogP contribution in [0, 0.1) is 13.8 Å². The molecule has 0 aliphatic rings. The van der Waals surface area contributed by atoms with E-state index in [1.54, 1.807) is 6.33 Å². The maximum atomic E-state index is 13.2. The summed E-state index contributed by atoms with van der Waals surface area (Å²) in [5, 5.41) is 6.22. The first-order chi connectivity index (χ1) is 14.5. The minimum atomic E-state index is -0.534. The third kappa shape index (κ3) is 4.46. The van der Waals surface area contributed by atoms with Crippen molar-refractivity contribution in [2.24, 2.45) is 7.05 Å². The van der Waals surface area contributed by atoms with Gasteiger partial charge in [0.25, 0.3) is 0 Å². The van der Waals surface area contributed by atoms with Crippen molar-refractivity contribution in [3.63, 3.8) is 0 Å². The van der Waals surface area contributed by atoms with Crippen molar-refractivity contribution in [2.45, 2.75) is 26.3 Å². The number of carbonyl (C=O) groups excluding carboxylic acids is 1. The monoisotopic (exact) mass is 400 g/mol. The van der Waals surface area contributed by atoms with Crippen molar-refractivity contribution in [2.75, 3.05) is 10.6 Å². The van der Waals surface area contributed by atoms with Gasteiger partial charge in [0.05, 0.1) is 17.4 Å². The molecule has 0 unspecified atom stereocenters. The lowest BCUT2D eigenvalue weighted by atomic mass is 10.1. The average Bonchev–Trinajstić information content (AvgIpc) is 3.08. The Bertz CT molecular complexity index is 1160. The zero-order valence-corrected chi connectivity index (χ0v) is 17.3. The molecule has 0 radical (unpaired) electrons. The number of aromatic nitrogens is 4. The molecular formula is C23H24N6O. The van der Waals surface area contributed by atoms with E-state index in [4.69, 9.17) is 0 Å². The van der Waals surface area contributed by atoms with Crippen LogP contribution >= 0.6 is 0 Å². The maximum absolute atomic E-state index is 13.2. The molecule has 152 valence electrons. The summed E-state index contributed by atoms with van der Waals surface area (Å²) in [6, 6.07) is 17.0. The van der Waals surface area contributed by atoms with Crippen molar-refractivity contribution in [1.29, 1.82) is 0 Å². The molecular weight excluding hydrogens is 376 g/mol. The third-order valence-corrected chi connectivity index (χ3v) is 4.88. The Balaban J connectivity index is 1.58. The molecule has 1 atom stereocenters. The summed E-state index contributed by atoms with van der Waals surface area (Å²) >= 11 is 0. The zero-order chi connectivity index (χ0) is 21.1. The van der Waals surface area contributed by atoms with Crippen LogP contribution in [0.5, 0.6) is 0 Å². The van der Waals surface area contributed by atoms with E-state index in [0.717, 1.165) is 28.0 Å². The molecule has 2 heterocycles. The summed E-state index contributed by atoms with van der Waals surface area (Å²) in [6.45, 7) is 3.82. The minimum absolute atomic E-state index is 0.156. The first-order valence-corrected chi connectivity index (χ1v) is 9.82. The van der Waals surface area contributed by atoms with Crippen LogP contribution in [0.3, 0.4) is 0 Å². The van der Waals surface area contributed by atoms with E-state index in [2.05, 4.69) is 25.6 Å². The van der Waals surface area contributed by atoms with Crippen molar-refractivity contribution in [1.82, 2.24) is 19.5 Å². The lowest BCUT2D eigenvalue weighted by Gasteiger charge is -2.19. The topological polar surface area (TPSA) is 84.7 Å². The lowest BCUT2D eigenvalue weighted by Crippen LogP contribution is -2.37. The van der Waals surface area contributed by atoms with Crippen molar-refractivity contribution < 1.29 is 4.79 Å². The molecule has 4 rings (SSSR count).